The molecule has 1 aromatic rings. The number of ether oxygens (including phenoxy) is 2. The van der Waals surface area contributed by atoms with Gasteiger partial charge in [0.15, 0.2) is 0 Å². The van der Waals surface area contributed by atoms with Crippen LogP contribution in [0.15, 0.2) is 0 Å². The molecule has 1 saturated heterocycles. The topological polar surface area (TPSA) is 79.4 Å². The lowest BCUT2D eigenvalue weighted by Crippen LogP contribution is -2.30. The lowest BCUT2D eigenvalue weighted by molar-refractivity contribution is -0.386. The van der Waals surface area contributed by atoms with Crippen molar-refractivity contribution in [2.24, 2.45) is 0 Å². The Kier molecular flexibility index (Phi) is 5.11. The number of hydrogen-bond donors (Lipinski definition) is 0. The van der Waals surface area contributed by atoms with Crippen LogP contribution in [0.1, 0.15) is 37.9 Å². The molecular formula is C13H20FN3O4. The zero-order valence-electron chi connectivity index (χ0n) is 12.2. The fourth-order valence-corrected chi connectivity index (χ4v) is 2.39. The van der Waals surface area contributed by atoms with E-state index in [-0.39, 0.29) is 30.6 Å². The summed E-state index contributed by atoms with van der Waals surface area (Å²) in [6.45, 7) is 4.34. The van der Waals surface area contributed by atoms with Gasteiger partial charge in [-0.2, -0.15) is 0 Å². The molecule has 0 bridgehead atoms. The standard InChI is InChI=1S/C13H20FN3O4/c1-3-4-5-21-13-12(17(18)19)9(2)16(15-13)11-6-10(14)7-20-8-11/h10-11H,3-8H2,1-2H3. The summed E-state index contributed by atoms with van der Waals surface area (Å²) in [5.74, 6) is 0.00642. The second-order valence-electron chi connectivity index (χ2n) is 5.17. The van der Waals surface area contributed by atoms with Crippen molar-refractivity contribution in [3.8, 4) is 5.88 Å². The molecule has 2 atom stereocenters. The molecule has 1 aliphatic heterocycles. The van der Waals surface area contributed by atoms with Crippen molar-refractivity contribution in [2.45, 2.75) is 45.3 Å². The van der Waals surface area contributed by atoms with E-state index in [0.29, 0.717) is 18.9 Å². The lowest BCUT2D eigenvalue weighted by atomic mass is 10.1. The summed E-state index contributed by atoms with van der Waals surface area (Å²) in [4.78, 5) is 10.7. The first-order valence-electron chi connectivity index (χ1n) is 7.12. The summed E-state index contributed by atoms with van der Waals surface area (Å²) in [7, 11) is 0. The number of halogens is 1. The molecule has 2 heterocycles. The molecule has 0 radical (unpaired) electrons. The van der Waals surface area contributed by atoms with Gasteiger partial charge in [0.1, 0.15) is 11.9 Å². The van der Waals surface area contributed by atoms with Crippen LogP contribution in [0, 0.1) is 17.0 Å². The molecule has 7 nitrogen and oxygen atoms in total. The number of unbranched alkanes of at least 4 members (excludes halogenated alkanes) is 1. The molecule has 2 unspecified atom stereocenters. The predicted octanol–water partition coefficient (Wildman–Crippen LogP) is 2.58. The maximum absolute atomic E-state index is 13.4. The average Bonchev–Trinajstić information content (AvgIpc) is 2.76. The first-order valence-corrected chi connectivity index (χ1v) is 7.12. The molecule has 8 heteroatoms. The van der Waals surface area contributed by atoms with E-state index < -0.39 is 11.1 Å². The second-order valence-corrected chi connectivity index (χ2v) is 5.17. The van der Waals surface area contributed by atoms with Crippen LogP contribution in [0.5, 0.6) is 5.88 Å². The summed E-state index contributed by atoms with van der Waals surface area (Å²) >= 11 is 0. The molecule has 0 saturated carbocycles. The highest BCUT2D eigenvalue weighted by Gasteiger charge is 2.32. The van der Waals surface area contributed by atoms with E-state index in [1.807, 2.05) is 6.92 Å². The van der Waals surface area contributed by atoms with Crippen LogP contribution in [0.4, 0.5) is 10.1 Å². The van der Waals surface area contributed by atoms with Gasteiger partial charge in [0, 0.05) is 6.42 Å². The number of nitrogens with zero attached hydrogens (tertiary/aromatic N) is 3. The molecule has 0 aliphatic carbocycles. The van der Waals surface area contributed by atoms with E-state index >= 15 is 0 Å². The maximum atomic E-state index is 13.4. The molecule has 0 spiro atoms. The minimum atomic E-state index is -1.07. The largest absolute Gasteiger partial charge is 0.472 e. The summed E-state index contributed by atoms with van der Waals surface area (Å²) in [5.41, 5.74) is 0.223. The normalized spacial score (nSPS) is 22.2. The Hall–Kier alpha value is -1.70. The summed E-state index contributed by atoms with van der Waals surface area (Å²) in [6.07, 6.45) is 0.889. The minimum Gasteiger partial charge on any atom is -0.472 e. The molecule has 1 fully saturated rings. The van der Waals surface area contributed by atoms with Crippen LogP contribution in [0.25, 0.3) is 0 Å². The zero-order chi connectivity index (χ0) is 15.4. The Bertz CT molecular complexity index is 506. The first kappa shape index (κ1) is 15.7. The number of alkyl halides is 1. The molecule has 21 heavy (non-hydrogen) atoms. The Balaban J connectivity index is 2.25. The molecule has 1 aromatic heterocycles. The number of nitro groups is 1. The van der Waals surface area contributed by atoms with Crippen LogP contribution < -0.4 is 4.74 Å². The number of hydrogen-bond acceptors (Lipinski definition) is 5. The summed E-state index contributed by atoms with van der Waals surface area (Å²) in [6, 6.07) is -0.337. The van der Waals surface area contributed by atoms with E-state index in [0.717, 1.165) is 12.8 Å². The van der Waals surface area contributed by atoms with Crippen molar-refractivity contribution in [1.82, 2.24) is 9.78 Å². The smallest absolute Gasteiger partial charge is 0.352 e. The van der Waals surface area contributed by atoms with Gasteiger partial charge >= 0.3 is 11.6 Å². The van der Waals surface area contributed by atoms with Crippen molar-refractivity contribution >= 4 is 5.69 Å². The van der Waals surface area contributed by atoms with Gasteiger partial charge in [-0.15, -0.1) is 5.10 Å². The van der Waals surface area contributed by atoms with E-state index in [9.17, 15) is 14.5 Å². The van der Waals surface area contributed by atoms with E-state index in [1.165, 1.54) is 4.68 Å². The SMILES string of the molecule is CCCCOc1nn(C2COCC(F)C2)c(C)c1[N+](=O)[O-]. The predicted molar refractivity (Wildman–Crippen MR) is 73.4 cm³/mol. The third kappa shape index (κ3) is 3.49. The van der Waals surface area contributed by atoms with Crippen molar-refractivity contribution in [3.63, 3.8) is 0 Å². The zero-order valence-corrected chi connectivity index (χ0v) is 12.2. The van der Waals surface area contributed by atoms with Gasteiger partial charge in [-0.25, -0.2) is 4.39 Å². The van der Waals surface area contributed by atoms with Crippen LogP contribution in [-0.2, 0) is 4.74 Å². The van der Waals surface area contributed by atoms with E-state index in [2.05, 4.69) is 5.10 Å². The maximum Gasteiger partial charge on any atom is 0.352 e. The Labute approximate surface area is 122 Å². The third-order valence-corrected chi connectivity index (χ3v) is 3.49. The fourth-order valence-electron chi connectivity index (χ4n) is 2.39. The van der Waals surface area contributed by atoms with Gasteiger partial charge in [-0.3, -0.25) is 14.8 Å². The van der Waals surface area contributed by atoms with E-state index in [4.69, 9.17) is 9.47 Å². The highest BCUT2D eigenvalue weighted by Crippen LogP contribution is 2.34. The van der Waals surface area contributed by atoms with Crippen molar-refractivity contribution < 1.29 is 18.8 Å². The quantitative estimate of drug-likeness (QED) is 0.458. The van der Waals surface area contributed by atoms with Crippen molar-refractivity contribution in [1.29, 1.82) is 0 Å². The van der Waals surface area contributed by atoms with Crippen molar-refractivity contribution in [2.75, 3.05) is 19.8 Å². The molecule has 118 valence electrons. The van der Waals surface area contributed by atoms with Crippen LogP contribution in [0.2, 0.25) is 0 Å². The summed E-state index contributed by atoms with van der Waals surface area (Å²) in [5, 5.41) is 15.4. The third-order valence-electron chi connectivity index (χ3n) is 3.49. The Morgan fingerprint density at radius 2 is 2.33 bits per heavy atom. The monoisotopic (exact) mass is 301 g/mol. The van der Waals surface area contributed by atoms with E-state index in [1.54, 1.807) is 6.92 Å². The lowest BCUT2D eigenvalue weighted by Gasteiger charge is -2.25. The minimum absolute atomic E-state index is 0.00642. The van der Waals surface area contributed by atoms with Gasteiger partial charge in [-0.1, -0.05) is 13.3 Å². The molecular weight excluding hydrogens is 281 g/mol. The Morgan fingerprint density at radius 3 is 2.95 bits per heavy atom. The van der Waals surface area contributed by atoms with Gasteiger partial charge in [-0.05, 0) is 13.3 Å². The van der Waals surface area contributed by atoms with Gasteiger partial charge in [0.25, 0.3) is 0 Å². The van der Waals surface area contributed by atoms with Crippen LogP contribution >= 0.6 is 0 Å². The van der Waals surface area contributed by atoms with Gasteiger partial charge < -0.3 is 9.47 Å². The highest BCUT2D eigenvalue weighted by molar-refractivity contribution is 5.45. The second kappa shape index (κ2) is 6.84. The highest BCUT2D eigenvalue weighted by atomic mass is 19.1. The molecule has 1 aliphatic rings. The molecule has 0 aromatic carbocycles. The van der Waals surface area contributed by atoms with Crippen LogP contribution in [0.3, 0.4) is 0 Å². The summed E-state index contributed by atoms with van der Waals surface area (Å²) < 4.78 is 25.5. The molecule has 2 rings (SSSR count). The number of aromatic nitrogens is 2. The first-order chi connectivity index (χ1) is 10.0. The molecule has 0 amide bonds. The van der Waals surface area contributed by atoms with Gasteiger partial charge in [0.05, 0.1) is 30.8 Å². The molecule has 0 N–H and O–H groups in total. The van der Waals surface area contributed by atoms with Gasteiger partial charge in [0.2, 0.25) is 0 Å². The van der Waals surface area contributed by atoms with Crippen LogP contribution in [-0.4, -0.2) is 40.7 Å². The Morgan fingerprint density at radius 1 is 1.57 bits per heavy atom. The number of rotatable bonds is 6. The van der Waals surface area contributed by atoms with Crippen molar-refractivity contribution in [3.05, 3.63) is 15.8 Å². The average molecular weight is 301 g/mol. The fraction of sp³-hybridized carbons (Fsp3) is 0.769.